The van der Waals surface area contributed by atoms with Gasteiger partial charge in [-0.25, -0.2) is 9.50 Å². The number of aromatic nitrogens is 5. The molecule has 7 nitrogen and oxygen atoms in total. The standard InChI is InChI=1S/C25H23ClF6N6O/c1-13(2)15-5-7-16(8-6-15)17-11-19(24(27,28)29)38-20(34-17)12-18(35-38)23(39)33-9-4-10-37-14(3)21(26)22(36-37)25(30,31)32/h5-8,11-13H,4,9-10H2,1-3H3,(H,33,39). The average molecular weight is 573 g/mol. The zero-order valence-corrected chi connectivity index (χ0v) is 21.7. The number of alkyl halides is 6. The van der Waals surface area contributed by atoms with Crippen LogP contribution in [0.15, 0.2) is 36.4 Å². The van der Waals surface area contributed by atoms with Crippen LogP contribution in [-0.4, -0.2) is 36.8 Å². The predicted octanol–water partition coefficient (Wildman–Crippen LogP) is 6.54. The van der Waals surface area contributed by atoms with Gasteiger partial charge < -0.3 is 5.32 Å². The van der Waals surface area contributed by atoms with E-state index in [2.05, 4.69) is 20.5 Å². The lowest BCUT2D eigenvalue weighted by molar-refractivity contribution is -0.143. The van der Waals surface area contributed by atoms with Gasteiger partial charge in [0.05, 0.1) is 16.4 Å². The van der Waals surface area contributed by atoms with E-state index in [9.17, 15) is 31.1 Å². The minimum atomic E-state index is -4.77. The summed E-state index contributed by atoms with van der Waals surface area (Å²) >= 11 is 5.73. The molecule has 1 N–H and O–H groups in total. The first-order chi connectivity index (χ1) is 18.2. The molecule has 39 heavy (non-hydrogen) atoms. The number of carbonyl (C=O) groups excluding carboxylic acids is 1. The maximum absolute atomic E-state index is 13.9. The third-order valence-corrected chi connectivity index (χ3v) is 6.51. The molecule has 4 rings (SSSR count). The van der Waals surface area contributed by atoms with Gasteiger partial charge in [-0.2, -0.15) is 36.5 Å². The second-order valence-corrected chi connectivity index (χ2v) is 9.56. The highest BCUT2D eigenvalue weighted by atomic mass is 35.5. The third-order valence-electron chi connectivity index (χ3n) is 6.06. The Bertz CT molecular complexity index is 1500. The molecule has 14 heteroatoms. The van der Waals surface area contributed by atoms with Crippen molar-refractivity contribution in [2.75, 3.05) is 6.54 Å². The summed E-state index contributed by atoms with van der Waals surface area (Å²) in [6.45, 7) is 5.40. The van der Waals surface area contributed by atoms with Crippen molar-refractivity contribution in [2.45, 2.75) is 52.0 Å². The van der Waals surface area contributed by atoms with E-state index in [1.165, 1.54) is 6.92 Å². The molecule has 0 fully saturated rings. The van der Waals surface area contributed by atoms with Crippen LogP contribution in [0.25, 0.3) is 16.9 Å². The van der Waals surface area contributed by atoms with E-state index in [1.807, 2.05) is 26.0 Å². The molecule has 0 aliphatic heterocycles. The summed E-state index contributed by atoms with van der Waals surface area (Å²) < 4.78 is 82.2. The van der Waals surface area contributed by atoms with Crippen molar-refractivity contribution >= 4 is 23.2 Å². The van der Waals surface area contributed by atoms with Crippen LogP contribution in [0.4, 0.5) is 26.3 Å². The molecule has 0 radical (unpaired) electrons. The summed E-state index contributed by atoms with van der Waals surface area (Å²) in [5.41, 5.74) is -1.07. The number of nitrogens with zero attached hydrogens (tertiary/aromatic N) is 5. The first-order valence-electron chi connectivity index (χ1n) is 11.8. The number of hydrogen-bond donors (Lipinski definition) is 1. The molecule has 208 valence electrons. The van der Waals surface area contributed by atoms with Crippen LogP contribution >= 0.6 is 11.6 Å². The minimum absolute atomic E-state index is 0.00200. The fraction of sp³-hybridized carbons (Fsp3) is 0.360. The first kappa shape index (κ1) is 28.4. The summed E-state index contributed by atoms with van der Waals surface area (Å²) in [4.78, 5) is 16.9. The lowest BCUT2D eigenvalue weighted by Gasteiger charge is -2.12. The van der Waals surface area contributed by atoms with Crippen LogP contribution in [0.1, 0.15) is 59.3 Å². The number of aryl methyl sites for hydroxylation is 1. The predicted molar refractivity (Wildman–Crippen MR) is 131 cm³/mol. The largest absolute Gasteiger partial charge is 0.436 e. The molecule has 0 bridgehead atoms. The van der Waals surface area contributed by atoms with Gasteiger partial charge in [0.2, 0.25) is 0 Å². The molecular formula is C25H23ClF6N6O. The monoisotopic (exact) mass is 572 g/mol. The van der Waals surface area contributed by atoms with Crippen LogP contribution in [-0.2, 0) is 18.9 Å². The molecule has 0 unspecified atom stereocenters. The molecule has 1 amide bonds. The van der Waals surface area contributed by atoms with Crippen LogP contribution in [0.3, 0.4) is 0 Å². The average Bonchev–Trinajstić information content (AvgIpc) is 3.41. The summed E-state index contributed by atoms with van der Waals surface area (Å²) in [7, 11) is 0. The van der Waals surface area contributed by atoms with Crippen molar-refractivity contribution in [3.63, 3.8) is 0 Å². The minimum Gasteiger partial charge on any atom is -0.351 e. The van der Waals surface area contributed by atoms with E-state index < -0.39 is 34.7 Å². The van der Waals surface area contributed by atoms with Crippen molar-refractivity contribution in [3.05, 3.63) is 69.8 Å². The van der Waals surface area contributed by atoms with Crippen molar-refractivity contribution in [2.24, 2.45) is 0 Å². The lowest BCUT2D eigenvalue weighted by atomic mass is 10.0. The van der Waals surface area contributed by atoms with Crippen LogP contribution in [0, 0.1) is 6.92 Å². The zero-order valence-electron chi connectivity index (χ0n) is 21.0. The summed E-state index contributed by atoms with van der Waals surface area (Å²) in [6.07, 6.45) is -9.30. The zero-order chi connectivity index (χ0) is 28.7. The quantitative estimate of drug-likeness (QED) is 0.202. The SMILES string of the molecule is Cc1c(Cl)c(C(F)(F)F)nn1CCCNC(=O)c1cc2nc(-c3ccc(C(C)C)cc3)cc(C(F)(F)F)n2n1. The van der Waals surface area contributed by atoms with E-state index >= 15 is 0 Å². The molecule has 4 aromatic rings. The van der Waals surface area contributed by atoms with E-state index in [0.29, 0.717) is 10.1 Å². The molecule has 0 saturated carbocycles. The van der Waals surface area contributed by atoms with Gasteiger partial charge >= 0.3 is 12.4 Å². The second kappa shape index (κ2) is 10.5. The van der Waals surface area contributed by atoms with Gasteiger partial charge in [0, 0.05) is 24.7 Å². The smallest absolute Gasteiger partial charge is 0.351 e. The number of hydrogen-bond acceptors (Lipinski definition) is 4. The number of amides is 1. The van der Waals surface area contributed by atoms with E-state index in [4.69, 9.17) is 11.6 Å². The molecule has 3 aromatic heterocycles. The summed E-state index contributed by atoms with van der Waals surface area (Å²) in [5.74, 6) is -0.516. The summed E-state index contributed by atoms with van der Waals surface area (Å²) in [5, 5.41) is 9.29. The first-order valence-corrected chi connectivity index (χ1v) is 12.2. The Morgan fingerprint density at radius 1 is 1.03 bits per heavy atom. The Morgan fingerprint density at radius 2 is 1.69 bits per heavy atom. The Morgan fingerprint density at radius 3 is 2.26 bits per heavy atom. The fourth-order valence-corrected chi connectivity index (χ4v) is 4.16. The molecule has 3 heterocycles. The van der Waals surface area contributed by atoms with E-state index in [-0.39, 0.29) is 48.2 Å². The summed E-state index contributed by atoms with van der Waals surface area (Å²) in [6, 6.07) is 9.02. The highest BCUT2D eigenvalue weighted by molar-refractivity contribution is 6.31. The topological polar surface area (TPSA) is 77.1 Å². The number of nitrogens with one attached hydrogen (secondary N) is 1. The molecule has 1 aromatic carbocycles. The van der Waals surface area contributed by atoms with Gasteiger partial charge in [-0.15, -0.1) is 0 Å². The van der Waals surface area contributed by atoms with Gasteiger partial charge in [0.25, 0.3) is 5.91 Å². The number of benzene rings is 1. The molecule has 0 aliphatic rings. The number of carbonyl (C=O) groups is 1. The van der Waals surface area contributed by atoms with Crippen LogP contribution in [0.5, 0.6) is 0 Å². The maximum Gasteiger partial charge on any atom is 0.436 e. The molecular weight excluding hydrogens is 550 g/mol. The number of halogens is 7. The van der Waals surface area contributed by atoms with E-state index in [1.54, 1.807) is 12.1 Å². The lowest BCUT2D eigenvalue weighted by Crippen LogP contribution is -2.26. The van der Waals surface area contributed by atoms with Crippen molar-refractivity contribution in [1.29, 1.82) is 0 Å². The number of rotatable bonds is 7. The van der Waals surface area contributed by atoms with Crippen molar-refractivity contribution < 1.29 is 31.1 Å². The number of fused-ring (bicyclic) bond motifs is 1. The molecule has 0 spiro atoms. The Hall–Kier alpha value is -3.61. The highest BCUT2D eigenvalue weighted by Gasteiger charge is 2.38. The van der Waals surface area contributed by atoms with Gasteiger partial charge in [-0.3, -0.25) is 9.48 Å². The van der Waals surface area contributed by atoms with E-state index in [0.717, 1.165) is 22.4 Å². The normalized spacial score (nSPS) is 12.5. The molecule has 0 atom stereocenters. The van der Waals surface area contributed by atoms with Crippen LogP contribution in [0.2, 0.25) is 5.02 Å². The Balaban J connectivity index is 1.51. The van der Waals surface area contributed by atoms with Gasteiger partial charge in [0.15, 0.2) is 22.7 Å². The second-order valence-electron chi connectivity index (χ2n) is 9.18. The van der Waals surface area contributed by atoms with Gasteiger partial charge in [-0.1, -0.05) is 49.7 Å². The fourth-order valence-electron chi connectivity index (χ4n) is 3.92. The Kier molecular flexibility index (Phi) is 7.66. The molecule has 0 saturated heterocycles. The maximum atomic E-state index is 13.9. The van der Waals surface area contributed by atoms with Gasteiger partial charge in [0.1, 0.15) is 0 Å². The van der Waals surface area contributed by atoms with Crippen molar-refractivity contribution in [1.82, 2.24) is 29.7 Å². The highest BCUT2D eigenvalue weighted by Crippen LogP contribution is 2.35. The Labute approximate surface area is 223 Å². The van der Waals surface area contributed by atoms with Crippen molar-refractivity contribution in [3.8, 4) is 11.3 Å². The van der Waals surface area contributed by atoms with Gasteiger partial charge in [-0.05, 0) is 30.9 Å². The van der Waals surface area contributed by atoms with Crippen LogP contribution < -0.4 is 5.32 Å². The molecule has 0 aliphatic carbocycles. The third kappa shape index (κ3) is 6.02.